The molecule has 198 valence electrons. The largest absolute Gasteiger partial charge is 0.445 e. The van der Waals surface area contributed by atoms with E-state index < -0.39 is 33.9 Å². The Balaban J connectivity index is 1.15. The summed E-state index contributed by atoms with van der Waals surface area (Å²) in [6, 6.07) is 14.0. The first-order valence-electron chi connectivity index (χ1n) is 12.1. The van der Waals surface area contributed by atoms with Crippen LogP contribution in [0.2, 0.25) is 0 Å². The minimum Gasteiger partial charge on any atom is -0.445 e. The Morgan fingerprint density at radius 2 is 1.76 bits per heavy atom. The van der Waals surface area contributed by atoms with Gasteiger partial charge in [0, 0.05) is 44.4 Å². The lowest BCUT2D eigenvalue weighted by Gasteiger charge is -2.24. The number of benzene rings is 2. The molecule has 1 N–H and O–H groups in total. The average Bonchev–Trinajstić information content (AvgIpc) is 3.54. The highest BCUT2D eigenvalue weighted by Crippen LogP contribution is 2.36. The summed E-state index contributed by atoms with van der Waals surface area (Å²) in [5.74, 6) is -0.585. The maximum Gasteiger partial charge on any atom is 0.414 e. The molecule has 0 saturated carbocycles. The van der Waals surface area contributed by atoms with E-state index in [2.05, 4.69) is 0 Å². The molecule has 3 heterocycles. The summed E-state index contributed by atoms with van der Waals surface area (Å²) in [5, 5.41) is 0. The molecule has 0 aromatic heterocycles. The number of hydrogen-bond donors (Lipinski definition) is 1. The van der Waals surface area contributed by atoms with Crippen LogP contribution >= 0.6 is 0 Å². The van der Waals surface area contributed by atoms with Gasteiger partial charge in [0.25, 0.3) is 10.1 Å². The number of likely N-dealkylation sites (tertiary alicyclic amines) is 1. The summed E-state index contributed by atoms with van der Waals surface area (Å²) in [5.41, 5.74) is 1.66. The number of anilines is 2. The Kier molecular flexibility index (Phi) is 6.95. The Hall–Kier alpha value is -3.38. The van der Waals surface area contributed by atoms with Crippen LogP contribution in [0.3, 0.4) is 0 Å². The van der Waals surface area contributed by atoms with Gasteiger partial charge in [0.15, 0.2) is 0 Å². The van der Waals surface area contributed by atoms with Crippen molar-refractivity contribution in [3.63, 3.8) is 0 Å². The lowest BCUT2D eigenvalue weighted by Crippen LogP contribution is -2.33. The zero-order chi connectivity index (χ0) is 26.2. The molecule has 0 aliphatic carbocycles. The summed E-state index contributed by atoms with van der Waals surface area (Å²) >= 11 is 0. The zero-order valence-corrected chi connectivity index (χ0v) is 20.8. The molecule has 3 saturated heterocycles. The van der Waals surface area contributed by atoms with Gasteiger partial charge in [-0.3, -0.25) is 9.45 Å². The highest BCUT2D eigenvalue weighted by Gasteiger charge is 2.43. The minimum absolute atomic E-state index is 0.0466. The third-order valence-electron chi connectivity index (χ3n) is 7.11. The van der Waals surface area contributed by atoms with Gasteiger partial charge in [0.05, 0.1) is 23.7 Å². The average molecular weight is 534 g/mol. The highest BCUT2D eigenvalue weighted by molar-refractivity contribution is 7.85. The topological polar surface area (TPSA) is 117 Å². The standard InChI is InChI=1S/C25H28FN3O7S/c26-22-10-20(29-15-21(36-25(29)31)8-9-37(32,33)34)6-7-23(22)27-11-18-13-28(14-19(18)12-27)24(30)35-16-17-4-2-1-3-5-17/h1-7,10,18-19,21H,8-9,11-16H2,(H,32,33,34)/t18-,19+,21-/m1/s1. The van der Waals surface area contributed by atoms with Gasteiger partial charge in [-0.1, -0.05) is 30.3 Å². The van der Waals surface area contributed by atoms with Crippen LogP contribution in [0.4, 0.5) is 25.4 Å². The lowest BCUT2D eigenvalue weighted by atomic mass is 10.0. The first-order valence-corrected chi connectivity index (χ1v) is 13.7. The van der Waals surface area contributed by atoms with Gasteiger partial charge in [-0.15, -0.1) is 0 Å². The van der Waals surface area contributed by atoms with Gasteiger partial charge in [-0.25, -0.2) is 14.0 Å². The minimum atomic E-state index is -4.17. The van der Waals surface area contributed by atoms with E-state index in [-0.39, 0.29) is 37.5 Å². The second-order valence-electron chi connectivity index (χ2n) is 9.70. The molecule has 3 aliphatic heterocycles. The van der Waals surface area contributed by atoms with E-state index in [0.29, 0.717) is 37.6 Å². The Labute approximate surface area is 214 Å². The summed E-state index contributed by atoms with van der Waals surface area (Å²) in [6.45, 7) is 2.61. The van der Waals surface area contributed by atoms with Crippen LogP contribution in [0.15, 0.2) is 48.5 Å². The van der Waals surface area contributed by atoms with Crippen molar-refractivity contribution in [2.24, 2.45) is 11.8 Å². The summed E-state index contributed by atoms with van der Waals surface area (Å²) in [4.78, 5) is 29.6. The molecule has 2 aromatic rings. The van der Waals surface area contributed by atoms with Gasteiger partial charge in [-0.05, 0) is 23.8 Å². The van der Waals surface area contributed by atoms with Crippen molar-refractivity contribution in [3.05, 3.63) is 59.9 Å². The van der Waals surface area contributed by atoms with E-state index in [1.165, 1.54) is 11.0 Å². The molecule has 3 aliphatic rings. The molecule has 0 bridgehead atoms. The second-order valence-corrected chi connectivity index (χ2v) is 11.3. The molecule has 3 fully saturated rings. The predicted molar refractivity (Wildman–Crippen MR) is 132 cm³/mol. The summed E-state index contributed by atoms with van der Waals surface area (Å²) < 4.78 is 56.5. The quantitative estimate of drug-likeness (QED) is 0.540. The fourth-order valence-corrected chi connectivity index (χ4v) is 5.79. The molecule has 2 aromatic carbocycles. The lowest BCUT2D eigenvalue weighted by molar-refractivity contribution is 0.102. The van der Waals surface area contributed by atoms with Crippen LogP contribution in [0, 0.1) is 17.7 Å². The van der Waals surface area contributed by atoms with E-state index in [9.17, 15) is 18.0 Å². The first kappa shape index (κ1) is 25.3. The summed E-state index contributed by atoms with van der Waals surface area (Å²) in [6.07, 6.45) is -1.79. The van der Waals surface area contributed by atoms with Gasteiger partial charge in [-0.2, -0.15) is 8.42 Å². The number of carbonyl (C=O) groups excluding carboxylic acids is 2. The van der Waals surface area contributed by atoms with Crippen LogP contribution in [-0.4, -0.2) is 74.6 Å². The third-order valence-corrected chi connectivity index (χ3v) is 7.86. The number of carbonyl (C=O) groups is 2. The van der Waals surface area contributed by atoms with E-state index in [4.69, 9.17) is 14.0 Å². The maximum absolute atomic E-state index is 15.1. The van der Waals surface area contributed by atoms with Crippen LogP contribution in [0.5, 0.6) is 0 Å². The normalized spacial score (nSPS) is 23.4. The van der Waals surface area contributed by atoms with Crippen molar-refractivity contribution in [1.82, 2.24) is 4.90 Å². The van der Waals surface area contributed by atoms with Crippen molar-refractivity contribution in [2.45, 2.75) is 19.1 Å². The molecule has 0 radical (unpaired) electrons. The van der Waals surface area contributed by atoms with Crippen LogP contribution in [-0.2, 0) is 26.2 Å². The van der Waals surface area contributed by atoms with Crippen molar-refractivity contribution in [1.29, 1.82) is 0 Å². The van der Waals surface area contributed by atoms with Gasteiger partial charge >= 0.3 is 12.2 Å². The Morgan fingerprint density at radius 1 is 1.05 bits per heavy atom. The molecule has 10 nitrogen and oxygen atoms in total. The SMILES string of the molecule is O=C(OCc1ccccc1)N1C[C@@H]2CN(c3ccc(N4C[C@@H](CCS(=O)(=O)O)OC4=O)cc3F)C[C@@H]2C1. The highest BCUT2D eigenvalue weighted by atomic mass is 32.2. The van der Waals surface area contributed by atoms with E-state index in [1.54, 1.807) is 17.0 Å². The van der Waals surface area contributed by atoms with E-state index in [0.717, 1.165) is 5.56 Å². The summed E-state index contributed by atoms with van der Waals surface area (Å²) in [7, 11) is -4.17. The van der Waals surface area contributed by atoms with Gasteiger partial charge < -0.3 is 19.3 Å². The number of cyclic esters (lactones) is 1. The smallest absolute Gasteiger partial charge is 0.414 e. The van der Waals surface area contributed by atoms with Crippen molar-refractivity contribution in [3.8, 4) is 0 Å². The van der Waals surface area contributed by atoms with E-state index >= 15 is 4.39 Å². The second kappa shape index (κ2) is 10.2. The molecule has 5 rings (SSSR count). The fraction of sp³-hybridized carbons (Fsp3) is 0.440. The van der Waals surface area contributed by atoms with Gasteiger partial charge in [0.1, 0.15) is 18.5 Å². The van der Waals surface area contributed by atoms with Gasteiger partial charge in [0.2, 0.25) is 0 Å². The Morgan fingerprint density at radius 3 is 2.41 bits per heavy atom. The van der Waals surface area contributed by atoms with E-state index in [1.807, 2.05) is 35.2 Å². The molecule has 12 heteroatoms. The predicted octanol–water partition coefficient (Wildman–Crippen LogP) is 3.13. The number of hydrogen-bond acceptors (Lipinski definition) is 7. The maximum atomic E-state index is 15.1. The van der Waals surface area contributed by atoms with Crippen molar-refractivity contribution < 1.29 is 36.4 Å². The number of fused-ring (bicyclic) bond motifs is 1. The van der Waals surface area contributed by atoms with Crippen LogP contribution < -0.4 is 9.80 Å². The molecular weight excluding hydrogens is 505 g/mol. The monoisotopic (exact) mass is 533 g/mol. The molecule has 2 amide bonds. The fourth-order valence-electron chi connectivity index (χ4n) is 5.23. The number of halogens is 1. The first-order chi connectivity index (χ1) is 17.7. The molecule has 0 spiro atoms. The van der Waals surface area contributed by atoms with Crippen molar-refractivity contribution >= 4 is 33.7 Å². The number of nitrogens with zero attached hydrogens (tertiary/aromatic N) is 3. The van der Waals surface area contributed by atoms with Crippen molar-refractivity contribution in [2.75, 3.05) is 48.3 Å². The third kappa shape index (κ3) is 5.80. The molecular formula is C25H28FN3O7S. The number of ether oxygens (including phenoxy) is 2. The number of amides is 2. The zero-order valence-electron chi connectivity index (χ0n) is 20.0. The van der Waals surface area contributed by atoms with Crippen LogP contribution in [0.25, 0.3) is 0 Å². The molecule has 37 heavy (non-hydrogen) atoms. The number of rotatable bonds is 7. The Bertz CT molecular complexity index is 1260. The van der Waals surface area contributed by atoms with Crippen LogP contribution in [0.1, 0.15) is 12.0 Å². The molecule has 3 atom stereocenters. The molecule has 0 unspecified atom stereocenters.